The van der Waals surface area contributed by atoms with Crippen molar-refractivity contribution in [2.24, 2.45) is 0 Å². The van der Waals surface area contributed by atoms with Crippen LogP contribution in [0, 0.1) is 6.92 Å². The Labute approximate surface area is 105 Å². The van der Waals surface area contributed by atoms with E-state index < -0.39 is 0 Å². The minimum atomic E-state index is -0.0686. The van der Waals surface area contributed by atoms with Gasteiger partial charge in [0.25, 0.3) is 0 Å². The molecule has 1 aromatic carbocycles. The molecule has 1 aromatic rings. The third-order valence-electron chi connectivity index (χ3n) is 2.85. The molecule has 0 aliphatic carbocycles. The van der Waals surface area contributed by atoms with E-state index in [0.717, 1.165) is 13.0 Å². The van der Waals surface area contributed by atoms with E-state index in [2.05, 4.69) is 57.3 Å². The zero-order valence-electron chi connectivity index (χ0n) is 11.7. The van der Waals surface area contributed by atoms with Crippen LogP contribution in [-0.2, 0) is 11.2 Å². The summed E-state index contributed by atoms with van der Waals surface area (Å²) < 4.78 is 5.83. The van der Waals surface area contributed by atoms with E-state index in [1.54, 1.807) is 0 Å². The monoisotopic (exact) mass is 235 g/mol. The number of hydrogen-bond acceptors (Lipinski definition) is 2. The van der Waals surface area contributed by atoms with Gasteiger partial charge in [-0.2, -0.15) is 0 Å². The Hall–Kier alpha value is -0.860. The first kappa shape index (κ1) is 14.2. The van der Waals surface area contributed by atoms with Crippen LogP contribution in [0.4, 0.5) is 0 Å². The van der Waals surface area contributed by atoms with Crippen LogP contribution >= 0.6 is 0 Å². The highest BCUT2D eigenvalue weighted by molar-refractivity contribution is 5.26. The SMILES string of the molecule is CNC(COC(C)(C)C)Cc1ccccc1C. The summed E-state index contributed by atoms with van der Waals surface area (Å²) >= 11 is 0. The second-order valence-electron chi connectivity index (χ2n) is 5.54. The molecule has 0 saturated carbocycles. The van der Waals surface area contributed by atoms with Crippen molar-refractivity contribution in [1.29, 1.82) is 0 Å². The molecule has 2 heteroatoms. The van der Waals surface area contributed by atoms with Crippen LogP contribution in [0.15, 0.2) is 24.3 Å². The predicted molar refractivity (Wildman–Crippen MR) is 73.4 cm³/mol. The molecule has 96 valence electrons. The molecule has 1 atom stereocenters. The van der Waals surface area contributed by atoms with Crippen molar-refractivity contribution < 1.29 is 4.74 Å². The fraction of sp³-hybridized carbons (Fsp3) is 0.600. The van der Waals surface area contributed by atoms with Crippen LogP contribution in [0.25, 0.3) is 0 Å². The van der Waals surface area contributed by atoms with Crippen LogP contribution in [0.2, 0.25) is 0 Å². The average Bonchev–Trinajstić information content (AvgIpc) is 2.25. The minimum absolute atomic E-state index is 0.0686. The van der Waals surface area contributed by atoms with Crippen LogP contribution in [-0.4, -0.2) is 25.3 Å². The largest absolute Gasteiger partial charge is 0.374 e. The minimum Gasteiger partial charge on any atom is -0.374 e. The summed E-state index contributed by atoms with van der Waals surface area (Å²) in [7, 11) is 2.00. The molecule has 0 aromatic heterocycles. The van der Waals surface area contributed by atoms with Gasteiger partial charge in [0.1, 0.15) is 0 Å². The van der Waals surface area contributed by atoms with E-state index in [1.807, 2.05) is 7.05 Å². The van der Waals surface area contributed by atoms with Crippen molar-refractivity contribution >= 4 is 0 Å². The highest BCUT2D eigenvalue weighted by atomic mass is 16.5. The lowest BCUT2D eigenvalue weighted by atomic mass is 10.0. The van der Waals surface area contributed by atoms with E-state index in [4.69, 9.17) is 4.74 Å². The van der Waals surface area contributed by atoms with Gasteiger partial charge < -0.3 is 10.1 Å². The van der Waals surface area contributed by atoms with Crippen LogP contribution in [0.1, 0.15) is 31.9 Å². The Kier molecular flexibility index (Phi) is 5.16. The highest BCUT2D eigenvalue weighted by Crippen LogP contribution is 2.12. The molecule has 1 unspecified atom stereocenters. The van der Waals surface area contributed by atoms with E-state index in [-0.39, 0.29) is 5.60 Å². The Bertz CT molecular complexity index is 341. The molecule has 1 N–H and O–H groups in total. The zero-order chi connectivity index (χ0) is 12.9. The molecular weight excluding hydrogens is 210 g/mol. The van der Waals surface area contributed by atoms with E-state index in [0.29, 0.717) is 6.04 Å². The molecule has 0 aliphatic heterocycles. The maximum atomic E-state index is 5.83. The molecule has 0 amide bonds. The normalized spacial score (nSPS) is 13.7. The first-order valence-corrected chi connectivity index (χ1v) is 6.28. The summed E-state index contributed by atoms with van der Waals surface area (Å²) in [5, 5.41) is 3.33. The molecular formula is C15H25NO. The van der Waals surface area contributed by atoms with E-state index in [1.165, 1.54) is 11.1 Å². The van der Waals surface area contributed by atoms with Crippen LogP contribution < -0.4 is 5.32 Å². The van der Waals surface area contributed by atoms with Crippen molar-refractivity contribution in [2.75, 3.05) is 13.7 Å². The lowest BCUT2D eigenvalue weighted by Gasteiger charge is -2.24. The van der Waals surface area contributed by atoms with Gasteiger partial charge in [-0.3, -0.25) is 0 Å². The third-order valence-corrected chi connectivity index (χ3v) is 2.85. The lowest BCUT2D eigenvalue weighted by molar-refractivity contribution is -0.0135. The molecule has 1 rings (SSSR count). The number of hydrogen-bond donors (Lipinski definition) is 1. The molecule has 0 spiro atoms. The first-order valence-electron chi connectivity index (χ1n) is 6.28. The van der Waals surface area contributed by atoms with Crippen molar-refractivity contribution in [3.8, 4) is 0 Å². The van der Waals surface area contributed by atoms with Gasteiger partial charge in [-0.05, 0) is 52.3 Å². The summed E-state index contributed by atoms with van der Waals surface area (Å²) in [6.45, 7) is 9.18. The fourth-order valence-electron chi connectivity index (χ4n) is 1.70. The van der Waals surface area contributed by atoms with Gasteiger partial charge in [0.05, 0.1) is 12.2 Å². The maximum absolute atomic E-state index is 5.83. The second-order valence-corrected chi connectivity index (χ2v) is 5.54. The molecule has 17 heavy (non-hydrogen) atoms. The number of aryl methyl sites for hydroxylation is 1. The topological polar surface area (TPSA) is 21.3 Å². The number of nitrogens with one attached hydrogen (secondary N) is 1. The van der Waals surface area contributed by atoms with Crippen molar-refractivity contribution in [2.45, 2.75) is 45.8 Å². The van der Waals surface area contributed by atoms with Crippen molar-refractivity contribution in [3.63, 3.8) is 0 Å². The predicted octanol–water partition coefficient (Wildman–Crippen LogP) is 2.94. The maximum Gasteiger partial charge on any atom is 0.0629 e. The van der Waals surface area contributed by atoms with Gasteiger partial charge in [0.2, 0.25) is 0 Å². The Morgan fingerprint density at radius 2 is 1.88 bits per heavy atom. The van der Waals surface area contributed by atoms with Gasteiger partial charge in [-0.15, -0.1) is 0 Å². The van der Waals surface area contributed by atoms with Gasteiger partial charge in [0.15, 0.2) is 0 Å². The number of benzene rings is 1. The highest BCUT2D eigenvalue weighted by Gasteiger charge is 2.15. The first-order chi connectivity index (χ1) is 7.92. The number of likely N-dealkylation sites (N-methyl/N-ethyl adjacent to an activating group) is 1. The molecule has 2 nitrogen and oxygen atoms in total. The van der Waals surface area contributed by atoms with Crippen molar-refractivity contribution in [3.05, 3.63) is 35.4 Å². The third kappa shape index (κ3) is 5.33. The second kappa shape index (κ2) is 6.18. The van der Waals surface area contributed by atoms with Gasteiger partial charge in [-0.1, -0.05) is 24.3 Å². The molecule has 0 heterocycles. The Morgan fingerprint density at radius 3 is 2.41 bits per heavy atom. The fourth-order valence-corrected chi connectivity index (χ4v) is 1.70. The average molecular weight is 235 g/mol. The molecule has 0 bridgehead atoms. The lowest BCUT2D eigenvalue weighted by Crippen LogP contribution is -2.36. The Morgan fingerprint density at radius 1 is 1.24 bits per heavy atom. The van der Waals surface area contributed by atoms with Gasteiger partial charge >= 0.3 is 0 Å². The summed E-state index contributed by atoms with van der Waals surface area (Å²) in [6, 6.07) is 8.90. The van der Waals surface area contributed by atoms with Gasteiger partial charge in [0, 0.05) is 6.04 Å². The summed E-state index contributed by atoms with van der Waals surface area (Å²) in [5.74, 6) is 0. The van der Waals surface area contributed by atoms with E-state index >= 15 is 0 Å². The van der Waals surface area contributed by atoms with Crippen LogP contribution in [0.5, 0.6) is 0 Å². The van der Waals surface area contributed by atoms with E-state index in [9.17, 15) is 0 Å². The molecule has 0 fully saturated rings. The molecule has 0 radical (unpaired) electrons. The smallest absolute Gasteiger partial charge is 0.0629 e. The van der Waals surface area contributed by atoms with Crippen LogP contribution in [0.3, 0.4) is 0 Å². The quantitative estimate of drug-likeness (QED) is 0.847. The molecule has 0 aliphatic rings. The summed E-state index contributed by atoms with van der Waals surface area (Å²) in [5.41, 5.74) is 2.67. The van der Waals surface area contributed by atoms with Crippen molar-refractivity contribution in [1.82, 2.24) is 5.32 Å². The van der Waals surface area contributed by atoms with Gasteiger partial charge in [-0.25, -0.2) is 0 Å². The summed E-state index contributed by atoms with van der Waals surface area (Å²) in [6.07, 6.45) is 1.01. The Balaban J connectivity index is 2.56. The summed E-state index contributed by atoms with van der Waals surface area (Å²) in [4.78, 5) is 0. The molecule has 0 saturated heterocycles. The number of rotatable bonds is 5. The zero-order valence-corrected chi connectivity index (χ0v) is 11.7. The standard InChI is InChI=1S/C15H25NO/c1-12-8-6-7-9-13(12)10-14(16-5)11-17-15(2,3)4/h6-9,14,16H,10-11H2,1-5H3. The number of ether oxygens (including phenoxy) is 1.